The number of pyridine rings is 1. The number of carbonyl (C=O) groups is 1. The highest BCUT2D eigenvalue weighted by molar-refractivity contribution is 5.87. The summed E-state index contributed by atoms with van der Waals surface area (Å²) in [4.78, 5) is 15.3. The normalized spacial score (nSPS) is 11.7. The fraction of sp³-hybridized carbons (Fsp3) is 0.176. The minimum atomic E-state index is -4.39. The lowest BCUT2D eigenvalue weighted by Crippen LogP contribution is -2.04. The molecular weight excluding hydrogens is 307 g/mol. The standard InChI is InChI=1S/C17H14F3NO2/c1-2-23-16(22)9-7-12-6-8-15(21-11-12)13-4-3-5-14(10-13)17(18,19)20/h3-11H,2H2,1H3. The van der Waals surface area contributed by atoms with Crippen LogP contribution in [0.15, 0.2) is 48.7 Å². The Bertz CT molecular complexity index is 707. The van der Waals surface area contributed by atoms with E-state index in [1.165, 1.54) is 24.4 Å². The van der Waals surface area contributed by atoms with E-state index in [9.17, 15) is 18.0 Å². The zero-order chi connectivity index (χ0) is 16.9. The molecule has 1 aromatic carbocycles. The maximum Gasteiger partial charge on any atom is 0.416 e. The van der Waals surface area contributed by atoms with Crippen LogP contribution in [0.4, 0.5) is 13.2 Å². The van der Waals surface area contributed by atoms with E-state index in [0.717, 1.165) is 12.1 Å². The zero-order valence-electron chi connectivity index (χ0n) is 12.3. The summed E-state index contributed by atoms with van der Waals surface area (Å²) in [5.74, 6) is -0.463. The first-order valence-corrected chi connectivity index (χ1v) is 6.88. The third kappa shape index (κ3) is 4.67. The predicted octanol–water partition coefficient (Wildman–Crippen LogP) is 4.34. The molecule has 0 bridgehead atoms. The van der Waals surface area contributed by atoms with Crippen molar-refractivity contribution in [1.82, 2.24) is 4.98 Å². The lowest BCUT2D eigenvalue weighted by molar-refractivity contribution is -0.138. The summed E-state index contributed by atoms with van der Waals surface area (Å²) < 4.78 is 42.9. The van der Waals surface area contributed by atoms with Crippen molar-refractivity contribution in [1.29, 1.82) is 0 Å². The second-order valence-electron chi connectivity index (χ2n) is 4.64. The Labute approximate surface area is 131 Å². The van der Waals surface area contributed by atoms with Crippen molar-refractivity contribution in [3.05, 3.63) is 59.8 Å². The first kappa shape index (κ1) is 16.7. The third-order valence-electron chi connectivity index (χ3n) is 2.97. The Morgan fingerprint density at radius 3 is 2.65 bits per heavy atom. The second kappa shape index (κ2) is 7.09. The van der Waals surface area contributed by atoms with E-state index in [2.05, 4.69) is 4.98 Å². The van der Waals surface area contributed by atoms with Gasteiger partial charge in [-0.1, -0.05) is 18.2 Å². The maximum absolute atomic E-state index is 12.7. The number of benzene rings is 1. The van der Waals surface area contributed by atoms with Crippen molar-refractivity contribution in [3.8, 4) is 11.3 Å². The number of hydrogen-bond donors (Lipinski definition) is 0. The summed E-state index contributed by atoms with van der Waals surface area (Å²) in [7, 11) is 0. The highest BCUT2D eigenvalue weighted by Gasteiger charge is 2.30. The highest BCUT2D eigenvalue weighted by atomic mass is 19.4. The number of nitrogens with zero attached hydrogens (tertiary/aromatic N) is 1. The van der Waals surface area contributed by atoms with Crippen LogP contribution in [0, 0.1) is 0 Å². The number of alkyl halides is 3. The van der Waals surface area contributed by atoms with E-state index in [1.807, 2.05) is 0 Å². The van der Waals surface area contributed by atoms with Crippen molar-refractivity contribution >= 4 is 12.0 Å². The summed E-state index contributed by atoms with van der Waals surface area (Å²) in [5, 5.41) is 0. The monoisotopic (exact) mass is 321 g/mol. The van der Waals surface area contributed by atoms with Gasteiger partial charge in [0.05, 0.1) is 17.9 Å². The summed E-state index contributed by atoms with van der Waals surface area (Å²) in [6.45, 7) is 1.99. The SMILES string of the molecule is CCOC(=O)C=Cc1ccc(-c2cccc(C(F)(F)F)c2)nc1. The molecule has 1 heterocycles. The topological polar surface area (TPSA) is 39.2 Å². The first-order valence-electron chi connectivity index (χ1n) is 6.88. The number of ether oxygens (including phenoxy) is 1. The van der Waals surface area contributed by atoms with Gasteiger partial charge in [0.15, 0.2) is 0 Å². The number of halogens is 3. The number of carbonyl (C=O) groups excluding carboxylic acids is 1. The van der Waals surface area contributed by atoms with E-state index < -0.39 is 17.7 Å². The molecule has 3 nitrogen and oxygen atoms in total. The zero-order valence-corrected chi connectivity index (χ0v) is 12.3. The van der Waals surface area contributed by atoms with Crippen LogP contribution in [-0.2, 0) is 15.7 Å². The maximum atomic E-state index is 12.7. The predicted molar refractivity (Wildman–Crippen MR) is 80.3 cm³/mol. The molecule has 0 amide bonds. The van der Waals surface area contributed by atoms with Crippen LogP contribution in [0.1, 0.15) is 18.1 Å². The fourth-order valence-corrected chi connectivity index (χ4v) is 1.88. The average Bonchev–Trinajstić information content (AvgIpc) is 2.53. The van der Waals surface area contributed by atoms with Gasteiger partial charge in [-0.3, -0.25) is 4.98 Å². The summed E-state index contributed by atoms with van der Waals surface area (Å²) in [6.07, 6.45) is -0.116. The molecule has 23 heavy (non-hydrogen) atoms. The van der Waals surface area contributed by atoms with Crippen LogP contribution in [0.25, 0.3) is 17.3 Å². The van der Waals surface area contributed by atoms with Gasteiger partial charge in [0.2, 0.25) is 0 Å². The van der Waals surface area contributed by atoms with Gasteiger partial charge in [-0.25, -0.2) is 4.79 Å². The molecule has 0 saturated heterocycles. The van der Waals surface area contributed by atoms with Crippen LogP contribution < -0.4 is 0 Å². The Hall–Kier alpha value is -2.63. The molecule has 0 N–H and O–H groups in total. The van der Waals surface area contributed by atoms with Crippen LogP contribution in [0.5, 0.6) is 0 Å². The van der Waals surface area contributed by atoms with Crippen LogP contribution in [0.2, 0.25) is 0 Å². The summed E-state index contributed by atoms with van der Waals surface area (Å²) >= 11 is 0. The molecule has 0 aliphatic carbocycles. The van der Waals surface area contributed by atoms with Gasteiger partial charge in [0, 0.05) is 17.8 Å². The Balaban J connectivity index is 2.18. The van der Waals surface area contributed by atoms with Gasteiger partial charge in [-0.05, 0) is 36.8 Å². The van der Waals surface area contributed by atoms with Crippen molar-refractivity contribution in [2.45, 2.75) is 13.1 Å². The van der Waals surface area contributed by atoms with E-state index >= 15 is 0 Å². The van der Waals surface area contributed by atoms with Gasteiger partial charge in [-0.15, -0.1) is 0 Å². The number of rotatable bonds is 4. The van der Waals surface area contributed by atoms with Crippen molar-refractivity contribution in [3.63, 3.8) is 0 Å². The van der Waals surface area contributed by atoms with Gasteiger partial charge < -0.3 is 4.74 Å². The Morgan fingerprint density at radius 2 is 2.04 bits per heavy atom. The summed E-state index contributed by atoms with van der Waals surface area (Å²) in [5.41, 5.74) is 0.724. The molecule has 120 valence electrons. The average molecular weight is 321 g/mol. The lowest BCUT2D eigenvalue weighted by atomic mass is 10.1. The number of aromatic nitrogens is 1. The van der Waals surface area contributed by atoms with Crippen molar-refractivity contribution in [2.24, 2.45) is 0 Å². The van der Waals surface area contributed by atoms with Gasteiger partial charge in [0.1, 0.15) is 0 Å². The molecule has 2 rings (SSSR count). The van der Waals surface area contributed by atoms with Crippen LogP contribution in [0.3, 0.4) is 0 Å². The van der Waals surface area contributed by atoms with E-state index in [1.54, 1.807) is 25.1 Å². The van der Waals surface area contributed by atoms with Gasteiger partial charge >= 0.3 is 12.1 Å². The molecule has 0 radical (unpaired) electrons. The number of esters is 1. The molecule has 2 aromatic rings. The van der Waals surface area contributed by atoms with Crippen LogP contribution in [-0.4, -0.2) is 17.6 Å². The minimum Gasteiger partial charge on any atom is -0.463 e. The first-order chi connectivity index (χ1) is 10.9. The number of hydrogen-bond acceptors (Lipinski definition) is 3. The van der Waals surface area contributed by atoms with Crippen molar-refractivity contribution < 1.29 is 22.7 Å². The largest absolute Gasteiger partial charge is 0.463 e. The molecule has 0 unspecified atom stereocenters. The lowest BCUT2D eigenvalue weighted by Gasteiger charge is -2.08. The van der Waals surface area contributed by atoms with E-state index in [0.29, 0.717) is 16.8 Å². The summed E-state index contributed by atoms with van der Waals surface area (Å²) in [6, 6.07) is 8.23. The smallest absolute Gasteiger partial charge is 0.416 e. The molecule has 0 atom stereocenters. The Kier molecular flexibility index (Phi) is 5.16. The van der Waals surface area contributed by atoms with E-state index in [-0.39, 0.29) is 6.61 Å². The molecule has 1 aromatic heterocycles. The second-order valence-corrected chi connectivity index (χ2v) is 4.64. The molecule has 0 aliphatic rings. The van der Waals surface area contributed by atoms with Crippen LogP contribution >= 0.6 is 0 Å². The Morgan fingerprint density at radius 1 is 1.26 bits per heavy atom. The van der Waals surface area contributed by atoms with Gasteiger partial charge in [0.25, 0.3) is 0 Å². The van der Waals surface area contributed by atoms with E-state index in [4.69, 9.17) is 4.74 Å². The molecule has 0 spiro atoms. The fourth-order valence-electron chi connectivity index (χ4n) is 1.88. The molecular formula is C17H14F3NO2. The molecule has 0 fully saturated rings. The minimum absolute atomic E-state index is 0.288. The molecule has 6 heteroatoms. The van der Waals surface area contributed by atoms with Gasteiger partial charge in [-0.2, -0.15) is 13.2 Å². The molecule has 0 aliphatic heterocycles. The van der Waals surface area contributed by atoms with Crippen molar-refractivity contribution in [2.75, 3.05) is 6.61 Å². The highest BCUT2D eigenvalue weighted by Crippen LogP contribution is 2.31. The molecule has 0 saturated carbocycles. The third-order valence-corrected chi connectivity index (χ3v) is 2.97. The quantitative estimate of drug-likeness (QED) is 0.621.